The number of nitrogens with two attached hydrogens (primary N) is 1. The Balaban J connectivity index is 2.07. The number of nitrogens with zero attached hydrogens (tertiary/aromatic N) is 3. The Kier molecular flexibility index (Phi) is 3.24. The summed E-state index contributed by atoms with van der Waals surface area (Å²) in [5.41, 5.74) is 6.50. The number of carbonyl (C=O) groups excluding carboxylic acids is 1. The van der Waals surface area contributed by atoms with E-state index < -0.39 is 0 Å². The Hall–Kier alpha value is -1.36. The molecule has 2 rings (SSSR count). The molecule has 0 aliphatic carbocycles. The van der Waals surface area contributed by atoms with Crippen LogP contribution in [-0.2, 0) is 6.54 Å². The van der Waals surface area contributed by atoms with E-state index in [4.69, 9.17) is 5.73 Å². The average Bonchev–Trinajstić information content (AvgIpc) is 2.77. The van der Waals surface area contributed by atoms with Crippen molar-refractivity contribution in [2.75, 3.05) is 13.1 Å². The van der Waals surface area contributed by atoms with E-state index >= 15 is 0 Å². The molecule has 16 heavy (non-hydrogen) atoms. The highest BCUT2D eigenvalue weighted by Gasteiger charge is 2.23. The Morgan fingerprint density at radius 3 is 2.88 bits per heavy atom. The molecule has 2 heterocycles. The number of aryl methyl sites for hydroxylation is 1. The number of hydrogen-bond donors (Lipinski definition) is 1. The number of hydrogen-bond acceptors (Lipinski definition) is 3. The number of likely N-dealkylation sites (tertiary alicyclic amines) is 1. The van der Waals surface area contributed by atoms with E-state index in [9.17, 15) is 4.79 Å². The Morgan fingerprint density at radius 1 is 1.56 bits per heavy atom. The highest BCUT2D eigenvalue weighted by molar-refractivity contribution is 5.92. The van der Waals surface area contributed by atoms with Gasteiger partial charge >= 0.3 is 0 Å². The zero-order chi connectivity index (χ0) is 11.5. The lowest BCUT2D eigenvalue weighted by Gasteiger charge is -2.30. The summed E-state index contributed by atoms with van der Waals surface area (Å²) in [4.78, 5) is 14.0. The molecule has 2 N–H and O–H groups in total. The third-order valence-electron chi connectivity index (χ3n) is 3.06. The van der Waals surface area contributed by atoms with Crippen LogP contribution in [0.1, 0.15) is 30.3 Å². The van der Waals surface area contributed by atoms with Crippen molar-refractivity contribution >= 4 is 5.91 Å². The molecule has 1 aliphatic heterocycles. The van der Waals surface area contributed by atoms with E-state index in [-0.39, 0.29) is 11.9 Å². The van der Waals surface area contributed by atoms with Gasteiger partial charge in [0.05, 0.1) is 0 Å². The van der Waals surface area contributed by atoms with E-state index in [0.29, 0.717) is 5.69 Å². The predicted octanol–water partition coefficient (Wildman–Crippen LogP) is 0.466. The van der Waals surface area contributed by atoms with Crippen molar-refractivity contribution in [1.29, 1.82) is 0 Å². The first-order valence-electron chi connectivity index (χ1n) is 5.79. The molecule has 1 saturated heterocycles. The summed E-state index contributed by atoms with van der Waals surface area (Å²) in [6.07, 6.45) is 3.46. The monoisotopic (exact) mass is 222 g/mol. The van der Waals surface area contributed by atoms with Crippen molar-refractivity contribution in [3.8, 4) is 0 Å². The minimum absolute atomic E-state index is 0.0752. The van der Waals surface area contributed by atoms with Crippen molar-refractivity contribution in [2.45, 2.75) is 32.4 Å². The Bertz CT molecular complexity index is 366. The van der Waals surface area contributed by atoms with E-state index in [1.807, 2.05) is 11.8 Å². The molecular formula is C11H18N4O. The molecule has 1 fully saturated rings. The van der Waals surface area contributed by atoms with Gasteiger partial charge in [0.15, 0.2) is 0 Å². The third kappa shape index (κ3) is 2.09. The first-order chi connectivity index (χ1) is 7.72. The molecule has 1 aromatic heterocycles. The molecule has 0 radical (unpaired) electrons. The van der Waals surface area contributed by atoms with Crippen LogP contribution in [0.4, 0.5) is 0 Å². The fourth-order valence-electron chi connectivity index (χ4n) is 2.03. The molecule has 1 aromatic rings. The molecule has 0 saturated carbocycles. The van der Waals surface area contributed by atoms with Gasteiger partial charge in [0, 0.05) is 31.9 Å². The van der Waals surface area contributed by atoms with Crippen molar-refractivity contribution in [1.82, 2.24) is 14.7 Å². The first kappa shape index (κ1) is 11.1. The van der Waals surface area contributed by atoms with E-state index in [0.717, 1.165) is 32.5 Å². The molecule has 88 valence electrons. The molecule has 1 aliphatic rings. The van der Waals surface area contributed by atoms with Crippen molar-refractivity contribution < 1.29 is 4.79 Å². The highest BCUT2D eigenvalue weighted by atomic mass is 16.2. The summed E-state index contributed by atoms with van der Waals surface area (Å²) in [5.74, 6) is 0.0752. The minimum Gasteiger partial charge on any atom is -0.337 e. The van der Waals surface area contributed by atoms with E-state index in [1.54, 1.807) is 16.9 Å². The zero-order valence-corrected chi connectivity index (χ0v) is 9.59. The fourth-order valence-corrected chi connectivity index (χ4v) is 2.03. The summed E-state index contributed by atoms with van der Waals surface area (Å²) in [6, 6.07) is 2.03. The smallest absolute Gasteiger partial charge is 0.272 e. The average molecular weight is 222 g/mol. The second-order valence-corrected chi connectivity index (χ2v) is 4.16. The molecular weight excluding hydrogens is 204 g/mol. The fraction of sp³-hybridized carbons (Fsp3) is 0.636. The molecule has 0 bridgehead atoms. The van der Waals surface area contributed by atoms with Crippen molar-refractivity contribution in [3.63, 3.8) is 0 Å². The van der Waals surface area contributed by atoms with E-state index in [2.05, 4.69) is 5.10 Å². The minimum atomic E-state index is 0.0752. The Labute approximate surface area is 95.2 Å². The zero-order valence-electron chi connectivity index (χ0n) is 9.59. The van der Waals surface area contributed by atoms with Crippen LogP contribution in [0, 0.1) is 0 Å². The summed E-state index contributed by atoms with van der Waals surface area (Å²) in [6.45, 7) is 4.22. The topological polar surface area (TPSA) is 64.2 Å². The summed E-state index contributed by atoms with van der Waals surface area (Å²) in [7, 11) is 0. The van der Waals surface area contributed by atoms with Crippen LogP contribution in [-0.4, -0.2) is 39.7 Å². The largest absolute Gasteiger partial charge is 0.337 e. The lowest BCUT2D eigenvalue weighted by atomic mass is 10.1. The quantitative estimate of drug-likeness (QED) is 0.791. The van der Waals surface area contributed by atoms with Crippen LogP contribution in [0.3, 0.4) is 0 Å². The van der Waals surface area contributed by atoms with Gasteiger partial charge in [-0.05, 0) is 25.8 Å². The van der Waals surface area contributed by atoms with Gasteiger partial charge < -0.3 is 10.6 Å². The van der Waals surface area contributed by atoms with Gasteiger partial charge in [-0.1, -0.05) is 0 Å². The molecule has 0 unspecified atom stereocenters. The first-order valence-corrected chi connectivity index (χ1v) is 5.79. The van der Waals surface area contributed by atoms with E-state index in [1.165, 1.54) is 0 Å². The summed E-state index contributed by atoms with van der Waals surface area (Å²) >= 11 is 0. The van der Waals surface area contributed by atoms with Gasteiger partial charge in [0.25, 0.3) is 5.91 Å². The highest BCUT2D eigenvalue weighted by Crippen LogP contribution is 2.12. The van der Waals surface area contributed by atoms with Gasteiger partial charge in [0.2, 0.25) is 0 Å². The summed E-state index contributed by atoms with van der Waals surface area (Å²) in [5, 5.41) is 4.11. The molecule has 0 spiro atoms. The Morgan fingerprint density at radius 2 is 2.25 bits per heavy atom. The standard InChI is InChI=1S/C11H18N4O/c1-2-15-10(3-6-13-15)11(16)14-7-4-9(12)5-8-14/h3,6,9H,2,4-5,7-8,12H2,1H3. The molecule has 5 heteroatoms. The molecule has 0 atom stereocenters. The SMILES string of the molecule is CCn1nccc1C(=O)N1CCC(N)CC1. The number of piperidine rings is 1. The lowest BCUT2D eigenvalue weighted by molar-refractivity contribution is 0.0702. The number of aromatic nitrogens is 2. The van der Waals surface area contributed by atoms with Crippen LogP contribution in [0.25, 0.3) is 0 Å². The maximum Gasteiger partial charge on any atom is 0.272 e. The van der Waals surface area contributed by atoms with Crippen LogP contribution < -0.4 is 5.73 Å². The van der Waals surface area contributed by atoms with Crippen LogP contribution in [0.2, 0.25) is 0 Å². The second kappa shape index (κ2) is 4.65. The number of carbonyl (C=O) groups is 1. The maximum absolute atomic E-state index is 12.2. The van der Waals surface area contributed by atoms with Gasteiger partial charge in [-0.2, -0.15) is 5.10 Å². The molecule has 1 amide bonds. The third-order valence-corrected chi connectivity index (χ3v) is 3.06. The number of amides is 1. The molecule has 5 nitrogen and oxygen atoms in total. The predicted molar refractivity (Wildman–Crippen MR) is 61.0 cm³/mol. The maximum atomic E-state index is 12.2. The second-order valence-electron chi connectivity index (χ2n) is 4.16. The van der Waals surface area contributed by atoms with Crippen LogP contribution in [0.15, 0.2) is 12.3 Å². The van der Waals surface area contributed by atoms with Crippen LogP contribution >= 0.6 is 0 Å². The normalized spacial score (nSPS) is 17.8. The van der Waals surface area contributed by atoms with Gasteiger partial charge in [0.1, 0.15) is 5.69 Å². The number of rotatable bonds is 2. The van der Waals surface area contributed by atoms with Gasteiger partial charge in [-0.3, -0.25) is 9.48 Å². The van der Waals surface area contributed by atoms with Crippen LogP contribution in [0.5, 0.6) is 0 Å². The van der Waals surface area contributed by atoms with Gasteiger partial charge in [-0.25, -0.2) is 0 Å². The lowest BCUT2D eigenvalue weighted by Crippen LogP contribution is -2.43. The van der Waals surface area contributed by atoms with Gasteiger partial charge in [-0.15, -0.1) is 0 Å². The molecule has 0 aromatic carbocycles. The van der Waals surface area contributed by atoms with Crippen molar-refractivity contribution in [3.05, 3.63) is 18.0 Å². The summed E-state index contributed by atoms with van der Waals surface area (Å²) < 4.78 is 1.73. The van der Waals surface area contributed by atoms with Crippen molar-refractivity contribution in [2.24, 2.45) is 5.73 Å².